The Labute approximate surface area is 209 Å². The van der Waals surface area contributed by atoms with Gasteiger partial charge in [0, 0.05) is 24.7 Å². The second-order valence-electron chi connectivity index (χ2n) is 8.95. The zero-order valence-electron chi connectivity index (χ0n) is 19.5. The van der Waals surface area contributed by atoms with Crippen molar-refractivity contribution in [3.05, 3.63) is 101 Å². The van der Waals surface area contributed by atoms with Crippen LogP contribution in [0.15, 0.2) is 79.1 Å². The van der Waals surface area contributed by atoms with Crippen molar-refractivity contribution >= 4 is 17.5 Å². The van der Waals surface area contributed by atoms with Gasteiger partial charge >= 0.3 is 0 Å². The van der Waals surface area contributed by atoms with Crippen molar-refractivity contribution in [2.75, 3.05) is 6.54 Å². The molecule has 1 N–H and O–H groups in total. The first-order chi connectivity index (χ1) is 17.1. The molecular weight excluding hydrogens is 460 g/mol. The highest BCUT2D eigenvalue weighted by atomic mass is 35.5. The number of halogens is 1. The van der Waals surface area contributed by atoms with Gasteiger partial charge in [-0.05, 0) is 57.7 Å². The number of benzene rings is 3. The molecule has 0 saturated carbocycles. The molecule has 2 heterocycles. The summed E-state index contributed by atoms with van der Waals surface area (Å²) in [5.41, 5.74) is 5.73. The van der Waals surface area contributed by atoms with Crippen molar-refractivity contribution in [2.45, 2.75) is 38.5 Å². The molecule has 0 spiro atoms. The average molecular weight is 487 g/mol. The van der Waals surface area contributed by atoms with E-state index < -0.39 is 0 Å². The molecule has 1 fully saturated rings. The Morgan fingerprint density at radius 1 is 1.06 bits per heavy atom. The van der Waals surface area contributed by atoms with Crippen LogP contribution in [-0.2, 0) is 17.9 Å². The highest BCUT2D eigenvalue weighted by molar-refractivity contribution is 6.31. The number of amides is 1. The number of carbonyl (C=O) groups excluding carboxylic acids is 1. The van der Waals surface area contributed by atoms with Gasteiger partial charge in [0.1, 0.15) is 6.33 Å². The molecule has 0 radical (unpaired) electrons. The molecule has 1 amide bonds. The Bertz CT molecular complexity index is 1290. The minimum atomic E-state index is -0.289. The average Bonchev–Trinajstić information content (AvgIpc) is 3.55. The van der Waals surface area contributed by atoms with Crippen molar-refractivity contribution in [2.24, 2.45) is 0 Å². The molecule has 35 heavy (non-hydrogen) atoms. The van der Waals surface area contributed by atoms with E-state index in [-0.39, 0.29) is 18.0 Å². The summed E-state index contributed by atoms with van der Waals surface area (Å²) in [6, 6.07) is 24.3. The van der Waals surface area contributed by atoms with Gasteiger partial charge in [0.05, 0.1) is 12.1 Å². The molecule has 8 heteroatoms. The van der Waals surface area contributed by atoms with Gasteiger partial charge in [0.25, 0.3) is 0 Å². The third kappa shape index (κ3) is 5.26. The molecule has 4 aromatic rings. The first-order valence-electron chi connectivity index (χ1n) is 11.7. The number of hydrogen-bond acceptors (Lipinski definition) is 5. The predicted octanol–water partition coefficient (Wildman–Crippen LogP) is 4.43. The van der Waals surface area contributed by atoms with Crippen LogP contribution in [0.4, 0.5) is 0 Å². The minimum Gasteiger partial charge on any atom is -0.351 e. The number of rotatable bonds is 7. The van der Waals surface area contributed by atoms with E-state index in [0.29, 0.717) is 31.1 Å². The molecule has 1 aromatic heterocycles. The Morgan fingerprint density at radius 3 is 2.57 bits per heavy atom. The Balaban J connectivity index is 1.31. The highest BCUT2D eigenvalue weighted by Gasteiger charge is 2.38. The Hall–Kier alpha value is -3.55. The first-order valence-corrected chi connectivity index (χ1v) is 12.1. The molecule has 3 aromatic carbocycles. The van der Waals surface area contributed by atoms with Crippen LogP contribution in [0.2, 0.25) is 5.02 Å². The van der Waals surface area contributed by atoms with Gasteiger partial charge in [-0.1, -0.05) is 78.3 Å². The minimum absolute atomic E-state index is 0.0166. The summed E-state index contributed by atoms with van der Waals surface area (Å²) in [7, 11) is 0. The highest BCUT2D eigenvalue weighted by Crippen LogP contribution is 2.29. The van der Waals surface area contributed by atoms with Crippen LogP contribution in [0, 0.1) is 6.92 Å². The van der Waals surface area contributed by atoms with Crippen LogP contribution in [-0.4, -0.2) is 43.6 Å². The fourth-order valence-electron chi connectivity index (χ4n) is 4.72. The maximum absolute atomic E-state index is 13.3. The molecule has 2 atom stereocenters. The summed E-state index contributed by atoms with van der Waals surface area (Å²) >= 11 is 6.27. The van der Waals surface area contributed by atoms with E-state index in [1.54, 1.807) is 11.0 Å². The summed E-state index contributed by atoms with van der Waals surface area (Å²) in [6.45, 7) is 3.87. The van der Waals surface area contributed by atoms with Crippen LogP contribution in [0.3, 0.4) is 0 Å². The van der Waals surface area contributed by atoms with E-state index in [0.717, 1.165) is 11.1 Å². The Kier molecular flexibility index (Phi) is 6.88. The second kappa shape index (κ2) is 10.4. The zero-order chi connectivity index (χ0) is 24.2. The monoisotopic (exact) mass is 486 g/mol. The van der Waals surface area contributed by atoms with Gasteiger partial charge in [-0.25, -0.2) is 4.68 Å². The van der Waals surface area contributed by atoms with Crippen LogP contribution in [0.5, 0.6) is 0 Å². The van der Waals surface area contributed by atoms with E-state index in [1.165, 1.54) is 16.7 Å². The van der Waals surface area contributed by atoms with Crippen molar-refractivity contribution in [3.63, 3.8) is 0 Å². The standard InChI is InChI=1S/C27H27ClN6O/c1-19-6-2-4-8-24(19)21-12-10-20(11-13-21)16-33-17-23(34-18-30-31-32-34)14-26(33)27(35)29-15-22-7-3-5-9-25(22)28/h2-13,18,23,26H,14-17H2,1H3,(H,29,35)/t23-,26+/m1/s1. The van der Waals surface area contributed by atoms with Gasteiger partial charge < -0.3 is 5.32 Å². The number of aromatic nitrogens is 4. The van der Waals surface area contributed by atoms with E-state index in [1.807, 2.05) is 24.3 Å². The third-order valence-electron chi connectivity index (χ3n) is 6.63. The fourth-order valence-corrected chi connectivity index (χ4v) is 4.92. The number of tetrazole rings is 1. The van der Waals surface area contributed by atoms with Crippen molar-refractivity contribution in [3.8, 4) is 11.1 Å². The SMILES string of the molecule is Cc1ccccc1-c1ccc(CN2C[C@H](n3cnnn3)C[C@H]2C(=O)NCc2ccccc2Cl)cc1. The van der Waals surface area contributed by atoms with Crippen LogP contribution < -0.4 is 5.32 Å². The van der Waals surface area contributed by atoms with Crippen molar-refractivity contribution < 1.29 is 4.79 Å². The van der Waals surface area contributed by atoms with Gasteiger partial charge in [-0.3, -0.25) is 9.69 Å². The molecule has 1 aliphatic heterocycles. The van der Waals surface area contributed by atoms with E-state index in [2.05, 4.69) is 81.2 Å². The summed E-state index contributed by atoms with van der Waals surface area (Å²) in [4.78, 5) is 15.5. The smallest absolute Gasteiger partial charge is 0.237 e. The molecule has 0 bridgehead atoms. The summed E-state index contributed by atoms with van der Waals surface area (Å²) in [5.74, 6) is -0.0166. The fraction of sp³-hybridized carbons (Fsp3) is 0.259. The van der Waals surface area contributed by atoms with Crippen molar-refractivity contribution in [1.82, 2.24) is 30.4 Å². The topological polar surface area (TPSA) is 75.9 Å². The second-order valence-corrected chi connectivity index (χ2v) is 9.35. The predicted molar refractivity (Wildman–Crippen MR) is 136 cm³/mol. The quantitative estimate of drug-likeness (QED) is 0.418. The number of hydrogen-bond donors (Lipinski definition) is 1. The lowest BCUT2D eigenvalue weighted by molar-refractivity contribution is -0.125. The molecule has 0 unspecified atom stereocenters. The molecule has 5 rings (SSSR count). The number of nitrogens with one attached hydrogen (secondary N) is 1. The van der Waals surface area contributed by atoms with Crippen molar-refractivity contribution in [1.29, 1.82) is 0 Å². The van der Waals surface area contributed by atoms with E-state index in [9.17, 15) is 4.79 Å². The van der Waals surface area contributed by atoms with Gasteiger partial charge in [0.2, 0.25) is 5.91 Å². The molecule has 1 aliphatic rings. The van der Waals surface area contributed by atoms with E-state index in [4.69, 9.17) is 11.6 Å². The largest absolute Gasteiger partial charge is 0.351 e. The maximum atomic E-state index is 13.3. The van der Waals surface area contributed by atoms with Gasteiger partial charge in [0.15, 0.2) is 0 Å². The molecule has 1 saturated heterocycles. The molecule has 7 nitrogen and oxygen atoms in total. The number of nitrogens with zero attached hydrogens (tertiary/aromatic N) is 5. The Morgan fingerprint density at radius 2 is 1.83 bits per heavy atom. The normalized spacial score (nSPS) is 18.0. The molecule has 0 aliphatic carbocycles. The van der Waals surface area contributed by atoms with Crippen LogP contribution >= 0.6 is 11.6 Å². The zero-order valence-corrected chi connectivity index (χ0v) is 20.3. The van der Waals surface area contributed by atoms with E-state index >= 15 is 0 Å². The third-order valence-corrected chi connectivity index (χ3v) is 7.00. The summed E-state index contributed by atoms with van der Waals surface area (Å²) in [6.07, 6.45) is 2.25. The lowest BCUT2D eigenvalue weighted by atomic mass is 9.99. The van der Waals surface area contributed by atoms with Crippen LogP contribution in [0.25, 0.3) is 11.1 Å². The first kappa shape index (κ1) is 23.2. The maximum Gasteiger partial charge on any atom is 0.237 e. The number of carbonyl (C=O) groups is 1. The summed E-state index contributed by atoms with van der Waals surface area (Å²) < 4.78 is 1.75. The molecular formula is C27H27ClN6O. The summed E-state index contributed by atoms with van der Waals surface area (Å²) in [5, 5.41) is 15.3. The number of aryl methyl sites for hydroxylation is 1. The van der Waals surface area contributed by atoms with Gasteiger partial charge in [-0.2, -0.15) is 0 Å². The lowest BCUT2D eigenvalue weighted by Gasteiger charge is -2.23. The van der Waals surface area contributed by atoms with Crippen LogP contribution in [0.1, 0.15) is 29.2 Å². The lowest BCUT2D eigenvalue weighted by Crippen LogP contribution is -2.42. The number of likely N-dealkylation sites (tertiary alicyclic amines) is 1. The molecule has 178 valence electrons. The van der Waals surface area contributed by atoms with Gasteiger partial charge in [-0.15, -0.1) is 5.10 Å².